The number of aromatic nitrogens is 2. The van der Waals surface area contributed by atoms with Gasteiger partial charge in [-0.2, -0.15) is 4.31 Å². The van der Waals surface area contributed by atoms with Crippen LogP contribution in [0.15, 0.2) is 59.9 Å². The Morgan fingerprint density at radius 3 is 2.41 bits per heavy atom. The third-order valence-electron chi connectivity index (χ3n) is 7.73. The number of pyridine rings is 1. The minimum absolute atomic E-state index is 0.0407. The molecule has 1 spiro atoms. The molecule has 4 heterocycles. The highest BCUT2D eigenvalue weighted by molar-refractivity contribution is 7.89. The molecule has 178 valence electrons. The minimum Gasteiger partial charge on any atom is -0.363 e. The van der Waals surface area contributed by atoms with Gasteiger partial charge in [-0.1, -0.05) is 12.1 Å². The number of carbonyl (C=O) groups is 1. The van der Waals surface area contributed by atoms with E-state index in [4.69, 9.17) is 4.74 Å². The number of hydrogen-bond donors (Lipinski definition) is 0. The fourth-order valence-corrected chi connectivity index (χ4v) is 6.59. The predicted molar refractivity (Wildman–Crippen MR) is 127 cm³/mol. The Morgan fingerprint density at radius 2 is 1.71 bits per heavy atom. The van der Waals surface area contributed by atoms with Crippen molar-refractivity contribution in [2.24, 2.45) is 0 Å². The lowest BCUT2D eigenvalue weighted by Crippen LogP contribution is -2.61. The minimum atomic E-state index is -3.60. The average molecular weight is 481 g/mol. The summed E-state index contributed by atoms with van der Waals surface area (Å²) >= 11 is 0. The lowest BCUT2D eigenvalue weighted by molar-refractivity contribution is -0.175. The maximum absolute atomic E-state index is 13.3. The van der Waals surface area contributed by atoms with Crippen molar-refractivity contribution in [2.75, 3.05) is 26.2 Å². The van der Waals surface area contributed by atoms with E-state index in [-0.39, 0.29) is 18.1 Å². The molecule has 1 amide bonds. The summed E-state index contributed by atoms with van der Waals surface area (Å²) in [5, 5.41) is 0. The Kier molecular flexibility index (Phi) is 4.88. The Bertz CT molecular complexity index is 1350. The molecule has 1 aliphatic carbocycles. The van der Waals surface area contributed by atoms with Crippen LogP contribution in [0.4, 0.5) is 0 Å². The number of hydrogen-bond acceptors (Lipinski definition) is 5. The Labute approximate surface area is 199 Å². The second-order valence-corrected chi connectivity index (χ2v) is 11.9. The molecular weight excluding hydrogens is 452 g/mol. The first-order valence-electron chi connectivity index (χ1n) is 11.8. The van der Waals surface area contributed by atoms with Crippen LogP contribution in [0.25, 0.3) is 16.8 Å². The first-order valence-corrected chi connectivity index (χ1v) is 13.2. The lowest BCUT2D eigenvalue weighted by Gasteiger charge is -2.48. The largest absolute Gasteiger partial charge is 0.363 e. The van der Waals surface area contributed by atoms with E-state index >= 15 is 0 Å². The van der Waals surface area contributed by atoms with Crippen molar-refractivity contribution in [1.29, 1.82) is 0 Å². The van der Waals surface area contributed by atoms with Crippen molar-refractivity contribution >= 4 is 21.6 Å². The topological polar surface area (TPSA) is 84.2 Å². The van der Waals surface area contributed by atoms with Crippen LogP contribution in [0.1, 0.15) is 32.6 Å². The van der Waals surface area contributed by atoms with E-state index < -0.39 is 15.6 Å². The highest BCUT2D eigenvalue weighted by Crippen LogP contribution is 2.45. The van der Waals surface area contributed by atoms with E-state index in [9.17, 15) is 13.2 Å². The average Bonchev–Trinajstić information content (AvgIpc) is 3.42. The number of piperidine rings is 1. The number of rotatable bonds is 4. The quantitative estimate of drug-likeness (QED) is 0.573. The maximum atomic E-state index is 13.3. The van der Waals surface area contributed by atoms with E-state index in [1.54, 1.807) is 22.6 Å². The zero-order valence-corrected chi connectivity index (χ0v) is 20.0. The monoisotopic (exact) mass is 480 g/mol. The number of imidazole rings is 1. The zero-order chi connectivity index (χ0) is 23.6. The van der Waals surface area contributed by atoms with Crippen LogP contribution in [0.3, 0.4) is 0 Å². The normalized spacial score (nSPS) is 22.4. The van der Waals surface area contributed by atoms with Gasteiger partial charge in [-0.3, -0.25) is 4.79 Å². The van der Waals surface area contributed by atoms with Crippen LogP contribution in [0.5, 0.6) is 0 Å². The molecule has 9 heteroatoms. The molecule has 0 N–H and O–H groups in total. The number of carbonyl (C=O) groups excluding carboxylic acids is 1. The molecule has 1 saturated carbocycles. The second-order valence-electron chi connectivity index (χ2n) is 9.99. The van der Waals surface area contributed by atoms with E-state index in [1.807, 2.05) is 46.0 Å². The standard InChI is InChI=1S/C25H28N4O4S/c1-24(7-8-24)29-18-25(33-17-23(29)30)9-13-28(14-10-25)34(31,32)21-4-2-19(3-5-21)20-6-12-27-15-11-26-22(27)16-20/h2-6,11-12,15-16H,7-10,13-14,17-18H2,1H3. The number of morpholine rings is 1. The molecule has 3 aromatic rings. The van der Waals surface area contributed by atoms with Gasteiger partial charge in [-0.15, -0.1) is 0 Å². The molecule has 2 aliphatic heterocycles. The van der Waals surface area contributed by atoms with Crippen LogP contribution >= 0.6 is 0 Å². The van der Waals surface area contributed by atoms with Crippen molar-refractivity contribution < 1.29 is 17.9 Å². The van der Waals surface area contributed by atoms with Crippen LogP contribution in [-0.2, 0) is 19.6 Å². The first kappa shape index (κ1) is 21.8. The predicted octanol–water partition coefficient (Wildman–Crippen LogP) is 2.94. The van der Waals surface area contributed by atoms with Crippen LogP contribution in [0, 0.1) is 0 Å². The van der Waals surface area contributed by atoms with Crippen molar-refractivity contribution in [3.8, 4) is 11.1 Å². The van der Waals surface area contributed by atoms with Gasteiger partial charge in [0, 0.05) is 37.2 Å². The van der Waals surface area contributed by atoms with E-state index in [1.165, 1.54) is 0 Å². The van der Waals surface area contributed by atoms with Crippen LogP contribution in [0.2, 0.25) is 0 Å². The third-order valence-corrected chi connectivity index (χ3v) is 9.64. The van der Waals surface area contributed by atoms with E-state index in [0.29, 0.717) is 37.4 Å². The Balaban J connectivity index is 1.16. The summed E-state index contributed by atoms with van der Waals surface area (Å²) in [5.74, 6) is 0.0488. The molecule has 0 radical (unpaired) electrons. The molecule has 1 aromatic carbocycles. The molecule has 3 aliphatic rings. The summed E-state index contributed by atoms with van der Waals surface area (Å²) in [7, 11) is -3.60. The summed E-state index contributed by atoms with van der Waals surface area (Å²) in [6.07, 6.45) is 8.82. The molecule has 8 nitrogen and oxygen atoms in total. The molecule has 3 fully saturated rings. The van der Waals surface area contributed by atoms with Crippen molar-refractivity contribution in [3.05, 3.63) is 55.0 Å². The van der Waals surface area contributed by atoms with Crippen molar-refractivity contribution in [3.63, 3.8) is 0 Å². The second kappa shape index (κ2) is 7.63. The molecule has 34 heavy (non-hydrogen) atoms. The number of sulfonamides is 1. The number of benzene rings is 1. The molecule has 0 atom stereocenters. The Morgan fingerprint density at radius 1 is 0.971 bits per heavy atom. The summed E-state index contributed by atoms with van der Waals surface area (Å²) in [6.45, 7) is 3.55. The van der Waals surface area contributed by atoms with Crippen molar-refractivity contribution in [1.82, 2.24) is 18.6 Å². The van der Waals surface area contributed by atoms with Gasteiger partial charge in [-0.25, -0.2) is 13.4 Å². The fraction of sp³-hybridized carbons (Fsp3) is 0.440. The Hall–Kier alpha value is -2.75. The maximum Gasteiger partial charge on any atom is 0.249 e. The smallest absolute Gasteiger partial charge is 0.249 e. The summed E-state index contributed by atoms with van der Waals surface area (Å²) in [4.78, 5) is 19.0. The molecule has 6 rings (SSSR count). The summed E-state index contributed by atoms with van der Waals surface area (Å²) in [6, 6.07) is 11.0. The van der Waals surface area contributed by atoms with Gasteiger partial charge in [0.15, 0.2) is 0 Å². The van der Waals surface area contributed by atoms with Gasteiger partial charge >= 0.3 is 0 Å². The summed E-state index contributed by atoms with van der Waals surface area (Å²) in [5.41, 5.74) is 2.29. The number of fused-ring (bicyclic) bond motifs is 1. The van der Waals surface area contributed by atoms with Gasteiger partial charge in [0.05, 0.1) is 17.0 Å². The van der Waals surface area contributed by atoms with Gasteiger partial charge in [0.25, 0.3) is 0 Å². The highest BCUT2D eigenvalue weighted by Gasteiger charge is 2.52. The van der Waals surface area contributed by atoms with Crippen LogP contribution < -0.4 is 0 Å². The van der Waals surface area contributed by atoms with Gasteiger partial charge in [0.1, 0.15) is 12.3 Å². The molecule has 0 unspecified atom stereocenters. The van der Waals surface area contributed by atoms with Gasteiger partial charge < -0.3 is 14.0 Å². The number of nitrogens with zero attached hydrogens (tertiary/aromatic N) is 4. The molecular formula is C25H28N4O4S. The molecule has 2 saturated heterocycles. The van der Waals surface area contributed by atoms with Crippen molar-refractivity contribution in [2.45, 2.75) is 48.6 Å². The SMILES string of the molecule is CC1(N2CC3(CCN(S(=O)(=O)c4ccc(-c5ccn6ccnc6c5)cc4)CC3)OCC2=O)CC1. The summed E-state index contributed by atoms with van der Waals surface area (Å²) < 4.78 is 36.2. The first-order chi connectivity index (χ1) is 16.3. The van der Waals surface area contributed by atoms with E-state index in [0.717, 1.165) is 29.6 Å². The number of amides is 1. The zero-order valence-electron chi connectivity index (χ0n) is 19.2. The lowest BCUT2D eigenvalue weighted by atomic mass is 9.89. The van der Waals surface area contributed by atoms with Crippen LogP contribution in [-0.4, -0.2) is 70.3 Å². The fourth-order valence-electron chi connectivity index (χ4n) is 5.15. The van der Waals surface area contributed by atoms with E-state index in [2.05, 4.69) is 11.9 Å². The number of ether oxygens (including phenoxy) is 1. The van der Waals surface area contributed by atoms with Gasteiger partial charge in [-0.05, 0) is 68.0 Å². The third kappa shape index (κ3) is 3.62. The molecule has 0 bridgehead atoms. The van der Waals surface area contributed by atoms with Gasteiger partial charge in [0.2, 0.25) is 15.9 Å². The molecule has 2 aromatic heterocycles. The highest BCUT2D eigenvalue weighted by atomic mass is 32.2.